The van der Waals surface area contributed by atoms with E-state index < -0.39 is 0 Å². The zero-order chi connectivity index (χ0) is 8.53. The minimum atomic E-state index is 0.0689. The molecule has 0 amide bonds. The molecule has 0 aliphatic carbocycles. The molecule has 0 saturated carbocycles. The zero-order valence-corrected chi connectivity index (χ0v) is 6.58. The monoisotopic (exact) mass is 158 g/mol. The van der Waals surface area contributed by atoms with E-state index in [1.807, 2.05) is 0 Å². The summed E-state index contributed by atoms with van der Waals surface area (Å²) in [6.45, 7) is 0.0689. The zero-order valence-electron chi connectivity index (χ0n) is 6.58. The first-order valence-corrected chi connectivity index (χ1v) is 3.87. The molecule has 0 fully saturated rings. The lowest BCUT2D eigenvalue weighted by molar-refractivity contribution is -0.119. The second-order valence-electron chi connectivity index (χ2n) is 2.42. The summed E-state index contributed by atoms with van der Waals surface area (Å²) in [5.41, 5.74) is 0. The van der Waals surface area contributed by atoms with Crippen LogP contribution in [0.3, 0.4) is 0 Å². The number of Topliss-reactive ketones (excluding diaryl/α,β-unsaturated/α-hetero) is 1. The third kappa shape index (κ3) is 7.19. The first-order chi connectivity index (χ1) is 5.31. The number of hydrogen-bond acceptors (Lipinski definition) is 3. The van der Waals surface area contributed by atoms with Gasteiger partial charge in [-0.2, -0.15) is 0 Å². The van der Waals surface area contributed by atoms with Gasteiger partial charge in [-0.05, 0) is 12.8 Å². The van der Waals surface area contributed by atoms with E-state index in [4.69, 9.17) is 5.11 Å². The summed E-state index contributed by atoms with van der Waals surface area (Å²) in [4.78, 5) is 20.7. The molecule has 64 valence electrons. The van der Waals surface area contributed by atoms with Gasteiger partial charge in [-0.15, -0.1) is 0 Å². The number of rotatable bonds is 7. The maximum Gasteiger partial charge on any atom is 0.133 e. The Hall–Kier alpha value is -0.700. The number of aliphatic hydroxyl groups is 1. The molecular weight excluding hydrogens is 144 g/mol. The summed E-state index contributed by atoms with van der Waals surface area (Å²) < 4.78 is 0. The summed E-state index contributed by atoms with van der Waals surface area (Å²) in [6, 6.07) is 0. The molecule has 0 aromatic carbocycles. The number of aliphatic hydroxyl groups excluding tert-OH is 1. The average Bonchev–Trinajstić information content (AvgIpc) is 2.01. The van der Waals surface area contributed by atoms with Crippen LogP contribution >= 0.6 is 0 Å². The fourth-order valence-electron chi connectivity index (χ4n) is 0.784. The molecule has 0 aliphatic rings. The quantitative estimate of drug-likeness (QED) is 0.438. The molecule has 0 rings (SSSR count). The summed E-state index contributed by atoms with van der Waals surface area (Å²) >= 11 is 0. The highest BCUT2D eigenvalue weighted by Gasteiger charge is 1.99. The summed E-state index contributed by atoms with van der Waals surface area (Å²) in [5.74, 6) is 0.140. The van der Waals surface area contributed by atoms with Gasteiger partial charge in [0, 0.05) is 25.9 Å². The standard InChI is InChI=1S/C8H14O3/c9-6-2-1-4-8(11)5-3-7-10/h6,10H,1-5,7H2. The Bertz CT molecular complexity index is 121. The van der Waals surface area contributed by atoms with Gasteiger partial charge < -0.3 is 9.90 Å². The van der Waals surface area contributed by atoms with Crippen LogP contribution in [0.1, 0.15) is 32.1 Å². The third-order valence-corrected chi connectivity index (χ3v) is 1.39. The molecule has 0 heterocycles. The smallest absolute Gasteiger partial charge is 0.133 e. The average molecular weight is 158 g/mol. The molecule has 0 saturated heterocycles. The molecule has 0 atom stereocenters. The Balaban J connectivity index is 3.15. The van der Waals surface area contributed by atoms with Gasteiger partial charge in [0.05, 0.1) is 0 Å². The highest BCUT2D eigenvalue weighted by molar-refractivity contribution is 5.78. The molecule has 3 heteroatoms. The highest BCUT2D eigenvalue weighted by atomic mass is 16.3. The number of carbonyl (C=O) groups is 2. The molecule has 1 N–H and O–H groups in total. The van der Waals surface area contributed by atoms with Crippen molar-refractivity contribution in [2.45, 2.75) is 32.1 Å². The molecule has 0 aliphatic heterocycles. The number of aldehydes is 1. The van der Waals surface area contributed by atoms with Crippen LogP contribution in [0.5, 0.6) is 0 Å². The van der Waals surface area contributed by atoms with E-state index in [1.54, 1.807) is 0 Å². The van der Waals surface area contributed by atoms with Crippen LogP contribution in [0.2, 0.25) is 0 Å². The molecular formula is C8H14O3. The molecule has 11 heavy (non-hydrogen) atoms. The van der Waals surface area contributed by atoms with Crippen molar-refractivity contribution in [2.75, 3.05) is 6.61 Å². The Morgan fingerprint density at radius 3 is 2.45 bits per heavy atom. The van der Waals surface area contributed by atoms with Crippen LogP contribution in [0.15, 0.2) is 0 Å². The third-order valence-electron chi connectivity index (χ3n) is 1.39. The van der Waals surface area contributed by atoms with Crippen LogP contribution < -0.4 is 0 Å². The maximum atomic E-state index is 10.8. The van der Waals surface area contributed by atoms with Gasteiger partial charge in [-0.1, -0.05) is 0 Å². The lowest BCUT2D eigenvalue weighted by atomic mass is 10.1. The molecule has 0 radical (unpaired) electrons. The van der Waals surface area contributed by atoms with Crippen LogP contribution in [0.25, 0.3) is 0 Å². The lowest BCUT2D eigenvalue weighted by Crippen LogP contribution is -1.99. The van der Waals surface area contributed by atoms with Gasteiger partial charge in [-0.3, -0.25) is 4.79 Å². The van der Waals surface area contributed by atoms with Crippen LogP contribution in [0.4, 0.5) is 0 Å². The van der Waals surface area contributed by atoms with E-state index in [0.717, 1.165) is 6.29 Å². The Labute approximate surface area is 66.4 Å². The second kappa shape index (κ2) is 7.41. The number of unbranched alkanes of at least 4 members (excludes halogenated alkanes) is 1. The topological polar surface area (TPSA) is 54.4 Å². The fourth-order valence-corrected chi connectivity index (χ4v) is 0.784. The molecule has 0 spiro atoms. The maximum absolute atomic E-state index is 10.8. The number of hydrogen-bond donors (Lipinski definition) is 1. The predicted octanol–water partition coefficient (Wildman–Crippen LogP) is 0.697. The molecule has 0 unspecified atom stereocenters. The Morgan fingerprint density at radius 1 is 1.27 bits per heavy atom. The molecule has 0 aromatic heterocycles. The fraction of sp³-hybridized carbons (Fsp3) is 0.750. The highest BCUT2D eigenvalue weighted by Crippen LogP contribution is 1.99. The van der Waals surface area contributed by atoms with E-state index in [9.17, 15) is 9.59 Å². The SMILES string of the molecule is O=CCCCC(=O)CCCO. The molecule has 3 nitrogen and oxygen atoms in total. The van der Waals surface area contributed by atoms with Crippen molar-refractivity contribution in [1.29, 1.82) is 0 Å². The van der Waals surface area contributed by atoms with Crippen molar-refractivity contribution < 1.29 is 14.7 Å². The Morgan fingerprint density at radius 2 is 1.91 bits per heavy atom. The number of carbonyl (C=O) groups excluding carboxylic acids is 2. The van der Waals surface area contributed by atoms with Crippen molar-refractivity contribution in [3.63, 3.8) is 0 Å². The first kappa shape index (κ1) is 10.3. The van der Waals surface area contributed by atoms with Gasteiger partial charge >= 0.3 is 0 Å². The van der Waals surface area contributed by atoms with E-state index in [1.165, 1.54) is 0 Å². The van der Waals surface area contributed by atoms with Crippen LogP contribution in [0, 0.1) is 0 Å². The minimum Gasteiger partial charge on any atom is -0.396 e. The van der Waals surface area contributed by atoms with Gasteiger partial charge in [-0.25, -0.2) is 0 Å². The molecule has 0 aromatic rings. The van der Waals surface area contributed by atoms with Crippen molar-refractivity contribution in [1.82, 2.24) is 0 Å². The largest absolute Gasteiger partial charge is 0.396 e. The van der Waals surface area contributed by atoms with E-state index in [0.29, 0.717) is 32.1 Å². The van der Waals surface area contributed by atoms with Crippen LogP contribution in [-0.4, -0.2) is 23.8 Å². The van der Waals surface area contributed by atoms with Crippen molar-refractivity contribution >= 4 is 12.1 Å². The van der Waals surface area contributed by atoms with Gasteiger partial charge in [0.25, 0.3) is 0 Å². The van der Waals surface area contributed by atoms with E-state index in [-0.39, 0.29) is 12.4 Å². The summed E-state index contributed by atoms with van der Waals surface area (Å²) in [6.07, 6.45) is 3.38. The van der Waals surface area contributed by atoms with Crippen molar-refractivity contribution in [3.05, 3.63) is 0 Å². The van der Waals surface area contributed by atoms with E-state index >= 15 is 0 Å². The first-order valence-electron chi connectivity index (χ1n) is 3.87. The normalized spacial score (nSPS) is 9.55. The summed E-state index contributed by atoms with van der Waals surface area (Å²) in [7, 11) is 0. The van der Waals surface area contributed by atoms with Gasteiger partial charge in [0.15, 0.2) is 0 Å². The van der Waals surface area contributed by atoms with Crippen molar-refractivity contribution in [3.8, 4) is 0 Å². The number of ketones is 1. The van der Waals surface area contributed by atoms with Crippen molar-refractivity contribution in [2.24, 2.45) is 0 Å². The lowest BCUT2D eigenvalue weighted by Gasteiger charge is -1.95. The predicted molar refractivity (Wildman–Crippen MR) is 41.2 cm³/mol. The van der Waals surface area contributed by atoms with Gasteiger partial charge in [0.1, 0.15) is 12.1 Å². The molecule has 0 bridgehead atoms. The minimum absolute atomic E-state index is 0.0689. The van der Waals surface area contributed by atoms with Gasteiger partial charge in [0.2, 0.25) is 0 Å². The summed E-state index contributed by atoms with van der Waals surface area (Å²) in [5, 5.41) is 8.38. The van der Waals surface area contributed by atoms with Crippen LogP contribution in [-0.2, 0) is 9.59 Å². The van der Waals surface area contributed by atoms with E-state index in [2.05, 4.69) is 0 Å². The second-order valence-corrected chi connectivity index (χ2v) is 2.42. The Kier molecular flexibility index (Phi) is 6.94.